The van der Waals surface area contributed by atoms with Crippen LogP contribution in [-0.4, -0.2) is 68.4 Å². The van der Waals surface area contributed by atoms with Crippen LogP contribution in [0.4, 0.5) is 21.8 Å². The summed E-state index contributed by atoms with van der Waals surface area (Å²) in [6, 6.07) is 11.3. The molecule has 1 aliphatic heterocycles. The zero-order valence-corrected chi connectivity index (χ0v) is 18.9. The van der Waals surface area contributed by atoms with E-state index in [1.54, 1.807) is 0 Å². The van der Waals surface area contributed by atoms with Crippen LogP contribution < -0.4 is 10.2 Å². The fraction of sp³-hybridized carbons (Fsp3) is 0.286. The summed E-state index contributed by atoms with van der Waals surface area (Å²) in [6.07, 6.45) is -0.954. The summed E-state index contributed by atoms with van der Waals surface area (Å²) in [6.45, 7) is 5.70. The highest BCUT2D eigenvalue weighted by atomic mass is 32.2. The molecule has 0 aliphatic carbocycles. The van der Waals surface area contributed by atoms with Crippen LogP contribution in [-0.2, 0) is 0 Å². The molecule has 0 amide bonds. The number of anilines is 3. The second-order valence-electron chi connectivity index (χ2n) is 7.74. The number of H-pyrrole nitrogens is 1. The molecule has 1 fully saturated rings. The van der Waals surface area contributed by atoms with Crippen molar-refractivity contribution in [1.29, 1.82) is 0 Å². The molecular formula is C21H22FN9OS. The molecule has 33 heavy (non-hydrogen) atoms. The summed E-state index contributed by atoms with van der Waals surface area (Å²) in [7, 11) is 2.12. The summed E-state index contributed by atoms with van der Waals surface area (Å²) in [5.41, 5.74) is 1.62. The largest absolute Gasteiger partial charge is 0.405 e. The lowest BCUT2D eigenvalue weighted by Gasteiger charge is -2.33. The molecule has 170 valence electrons. The molecule has 2 N–H and O–H groups in total. The molecule has 5 rings (SSSR count). The molecule has 0 unspecified atom stereocenters. The minimum atomic E-state index is -0.954. The van der Waals surface area contributed by atoms with Gasteiger partial charge in [0, 0.05) is 54.5 Å². The van der Waals surface area contributed by atoms with Gasteiger partial charge in [0.15, 0.2) is 11.0 Å². The Morgan fingerprint density at radius 1 is 1.03 bits per heavy atom. The second kappa shape index (κ2) is 9.16. The molecule has 4 aromatic rings. The van der Waals surface area contributed by atoms with E-state index in [2.05, 4.69) is 52.0 Å². The summed E-state index contributed by atoms with van der Waals surface area (Å²) in [5.74, 6) is 2.45. The fourth-order valence-corrected chi connectivity index (χ4v) is 4.20. The van der Waals surface area contributed by atoms with Gasteiger partial charge in [-0.2, -0.15) is 10.1 Å². The number of aromatic nitrogens is 6. The first-order valence-electron chi connectivity index (χ1n) is 10.4. The average Bonchev–Trinajstić information content (AvgIpc) is 3.42. The quantitative estimate of drug-likeness (QED) is 0.410. The predicted molar refractivity (Wildman–Crippen MR) is 122 cm³/mol. The number of aryl methyl sites for hydroxylation is 1. The second-order valence-corrected chi connectivity index (χ2v) is 8.78. The van der Waals surface area contributed by atoms with Crippen LogP contribution in [0, 0.1) is 13.1 Å². The standard InChI is InChI=1S/C21H22FN9OS/c1-13-11-17(28-27-13)23-16-12-18(31-9-7-30(2)8-10-31)25-21(24-16)33-15-5-3-14(4-6-15)19-26-20(22)32-29-19/h3-6,11-12H,7-10H2,1-2H3,(H2,23,24,25,27,28). The van der Waals surface area contributed by atoms with Gasteiger partial charge < -0.3 is 19.6 Å². The first-order chi connectivity index (χ1) is 16.0. The highest BCUT2D eigenvalue weighted by Gasteiger charge is 2.18. The van der Waals surface area contributed by atoms with Gasteiger partial charge >= 0.3 is 6.14 Å². The molecular weight excluding hydrogens is 445 g/mol. The van der Waals surface area contributed by atoms with Gasteiger partial charge in [-0.25, -0.2) is 9.97 Å². The maximum atomic E-state index is 13.0. The average molecular weight is 468 g/mol. The number of nitrogens with zero attached hydrogens (tertiary/aromatic N) is 7. The maximum Gasteiger partial charge on any atom is 0.405 e. The molecule has 0 saturated carbocycles. The Labute approximate surface area is 193 Å². The van der Waals surface area contributed by atoms with Crippen LogP contribution >= 0.6 is 11.8 Å². The van der Waals surface area contributed by atoms with Gasteiger partial charge in [-0.3, -0.25) is 5.10 Å². The third kappa shape index (κ3) is 5.12. The molecule has 0 radical (unpaired) electrons. The van der Waals surface area contributed by atoms with Crippen LogP contribution in [0.2, 0.25) is 0 Å². The third-order valence-electron chi connectivity index (χ3n) is 5.20. The Bertz CT molecular complexity index is 1230. The van der Waals surface area contributed by atoms with Crippen molar-refractivity contribution < 1.29 is 8.91 Å². The van der Waals surface area contributed by atoms with Gasteiger partial charge in [0.25, 0.3) is 0 Å². The number of hydrogen-bond acceptors (Lipinski definition) is 10. The van der Waals surface area contributed by atoms with Gasteiger partial charge in [0.2, 0.25) is 5.82 Å². The smallest absolute Gasteiger partial charge is 0.354 e. The van der Waals surface area contributed by atoms with E-state index in [1.165, 1.54) is 11.8 Å². The van der Waals surface area contributed by atoms with Gasteiger partial charge in [0.1, 0.15) is 11.6 Å². The van der Waals surface area contributed by atoms with Crippen molar-refractivity contribution in [2.24, 2.45) is 0 Å². The van der Waals surface area contributed by atoms with Crippen molar-refractivity contribution in [2.45, 2.75) is 17.0 Å². The fourth-order valence-electron chi connectivity index (χ4n) is 3.43. The normalized spacial score (nSPS) is 14.6. The van der Waals surface area contributed by atoms with Crippen LogP contribution in [0.3, 0.4) is 0 Å². The van der Waals surface area contributed by atoms with Crippen molar-refractivity contribution in [3.05, 3.63) is 48.2 Å². The number of benzene rings is 1. The molecule has 0 spiro atoms. The lowest BCUT2D eigenvalue weighted by Crippen LogP contribution is -2.44. The molecule has 12 heteroatoms. The van der Waals surface area contributed by atoms with E-state index in [1.807, 2.05) is 43.3 Å². The van der Waals surface area contributed by atoms with Crippen LogP contribution in [0.15, 0.2) is 51.0 Å². The number of nitrogens with one attached hydrogen (secondary N) is 2. The van der Waals surface area contributed by atoms with E-state index in [0.29, 0.717) is 22.4 Å². The van der Waals surface area contributed by atoms with E-state index in [4.69, 9.17) is 4.98 Å². The van der Waals surface area contributed by atoms with Crippen LogP contribution in [0.1, 0.15) is 5.69 Å². The van der Waals surface area contributed by atoms with Gasteiger partial charge in [-0.05, 0) is 50.0 Å². The zero-order valence-electron chi connectivity index (χ0n) is 18.1. The Morgan fingerprint density at radius 2 is 1.82 bits per heavy atom. The summed E-state index contributed by atoms with van der Waals surface area (Å²) >= 11 is 1.44. The first-order valence-corrected chi connectivity index (χ1v) is 11.2. The molecule has 10 nitrogen and oxygen atoms in total. The van der Waals surface area contributed by atoms with E-state index < -0.39 is 6.14 Å². The number of halogens is 1. The highest BCUT2D eigenvalue weighted by molar-refractivity contribution is 7.99. The van der Waals surface area contributed by atoms with E-state index >= 15 is 0 Å². The Balaban J connectivity index is 1.40. The molecule has 1 saturated heterocycles. The summed E-state index contributed by atoms with van der Waals surface area (Å²) in [5, 5.41) is 14.7. The number of aromatic amines is 1. The molecule has 4 heterocycles. The summed E-state index contributed by atoms with van der Waals surface area (Å²) in [4.78, 5) is 18.6. The highest BCUT2D eigenvalue weighted by Crippen LogP contribution is 2.30. The monoisotopic (exact) mass is 467 g/mol. The number of likely N-dealkylation sites (N-methyl/N-ethyl adjacent to an activating group) is 1. The Morgan fingerprint density at radius 3 is 2.48 bits per heavy atom. The molecule has 3 aromatic heterocycles. The Kier molecular flexibility index (Phi) is 5.92. The van der Waals surface area contributed by atoms with E-state index in [-0.39, 0.29) is 5.82 Å². The predicted octanol–water partition coefficient (Wildman–Crippen LogP) is 3.34. The van der Waals surface area contributed by atoms with Crippen molar-refractivity contribution in [1.82, 2.24) is 35.2 Å². The van der Waals surface area contributed by atoms with E-state index in [0.717, 1.165) is 42.6 Å². The molecule has 1 aliphatic rings. The minimum Gasteiger partial charge on any atom is -0.354 e. The van der Waals surface area contributed by atoms with E-state index in [9.17, 15) is 4.39 Å². The minimum absolute atomic E-state index is 0.207. The van der Waals surface area contributed by atoms with Crippen LogP contribution in [0.5, 0.6) is 0 Å². The SMILES string of the molecule is Cc1cc(Nc2cc(N3CCN(C)CC3)nc(Sc3ccc(-c4noc(F)n4)cc3)n2)n[nH]1. The third-order valence-corrected chi connectivity index (χ3v) is 6.08. The van der Waals surface area contributed by atoms with Crippen molar-refractivity contribution in [3.8, 4) is 11.4 Å². The van der Waals surface area contributed by atoms with Crippen molar-refractivity contribution >= 4 is 29.2 Å². The molecule has 0 atom stereocenters. The van der Waals surface area contributed by atoms with Gasteiger partial charge in [-0.1, -0.05) is 5.16 Å². The number of rotatable bonds is 6. The molecule has 0 bridgehead atoms. The van der Waals surface area contributed by atoms with Gasteiger partial charge in [-0.15, -0.1) is 4.39 Å². The number of piperazine rings is 1. The topological polar surface area (TPSA) is 112 Å². The number of hydrogen-bond donors (Lipinski definition) is 2. The Hall–Kier alpha value is -3.51. The molecule has 1 aromatic carbocycles. The lowest BCUT2D eigenvalue weighted by atomic mass is 10.2. The van der Waals surface area contributed by atoms with Gasteiger partial charge in [0.05, 0.1) is 0 Å². The van der Waals surface area contributed by atoms with Crippen LogP contribution in [0.25, 0.3) is 11.4 Å². The first kappa shape index (κ1) is 21.3. The zero-order chi connectivity index (χ0) is 22.8. The lowest BCUT2D eigenvalue weighted by molar-refractivity contribution is 0.269. The van der Waals surface area contributed by atoms with Crippen molar-refractivity contribution in [3.63, 3.8) is 0 Å². The maximum absolute atomic E-state index is 13.0. The van der Waals surface area contributed by atoms with Crippen molar-refractivity contribution in [2.75, 3.05) is 43.4 Å². The summed E-state index contributed by atoms with van der Waals surface area (Å²) < 4.78 is 17.4.